The molecule has 14 heavy (non-hydrogen) atoms. The molecular formula is C13H21N. The van der Waals surface area contributed by atoms with Crippen molar-refractivity contribution in [3.63, 3.8) is 0 Å². The van der Waals surface area contributed by atoms with Crippen LogP contribution < -0.4 is 0 Å². The maximum atomic E-state index is 2.58. The predicted octanol–water partition coefficient (Wildman–Crippen LogP) is 3.49. The van der Waals surface area contributed by atoms with Crippen molar-refractivity contribution in [1.29, 1.82) is 0 Å². The molecule has 0 N–H and O–H groups in total. The van der Waals surface area contributed by atoms with Crippen molar-refractivity contribution >= 4 is 0 Å². The monoisotopic (exact) mass is 191 g/mol. The summed E-state index contributed by atoms with van der Waals surface area (Å²) in [5, 5.41) is 0. The molecule has 0 saturated carbocycles. The Bertz CT molecular complexity index is 219. The predicted molar refractivity (Wildman–Crippen MR) is 61.1 cm³/mol. The number of hydrogen-bond donors (Lipinski definition) is 0. The summed E-state index contributed by atoms with van der Waals surface area (Å²) in [5.41, 5.74) is 1.48. The molecule has 1 saturated heterocycles. The number of allylic oxidation sites excluding steroid dienone is 3. The first-order chi connectivity index (χ1) is 6.97. The van der Waals surface area contributed by atoms with Crippen LogP contribution in [0.5, 0.6) is 0 Å². The van der Waals surface area contributed by atoms with Crippen molar-refractivity contribution in [2.24, 2.45) is 0 Å². The molecule has 1 fully saturated rings. The molecule has 0 aromatic heterocycles. The number of likely N-dealkylation sites (tertiary alicyclic amines) is 1. The molecule has 0 aromatic carbocycles. The van der Waals surface area contributed by atoms with E-state index in [1.165, 1.54) is 63.7 Å². The highest BCUT2D eigenvalue weighted by molar-refractivity contribution is 5.21. The zero-order chi connectivity index (χ0) is 9.64. The molecule has 0 atom stereocenters. The van der Waals surface area contributed by atoms with Gasteiger partial charge in [-0.1, -0.05) is 31.4 Å². The molecule has 2 aliphatic rings. The molecule has 0 aromatic rings. The zero-order valence-electron chi connectivity index (χ0n) is 9.04. The molecule has 0 unspecified atom stereocenters. The molecule has 1 heterocycles. The summed E-state index contributed by atoms with van der Waals surface area (Å²) in [5.74, 6) is 0. The molecule has 0 radical (unpaired) electrons. The fraction of sp³-hybridized carbons (Fsp3) is 0.692. The molecule has 1 heteroatoms. The minimum atomic E-state index is 1.23. The van der Waals surface area contributed by atoms with Crippen molar-refractivity contribution < 1.29 is 0 Å². The summed E-state index contributed by atoms with van der Waals surface area (Å²) in [7, 11) is 0. The van der Waals surface area contributed by atoms with Crippen molar-refractivity contribution in [3.8, 4) is 0 Å². The summed E-state index contributed by atoms with van der Waals surface area (Å²) < 4.78 is 0. The van der Waals surface area contributed by atoms with E-state index in [4.69, 9.17) is 0 Å². The van der Waals surface area contributed by atoms with Gasteiger partial charge in [0.15, 0.2) is 0 Å². The first-order valence-corrected chi connectivity index (χ1v) is 6.08. The van der Waals surface area contributed by atoms with Crippen LogP contribution in [-0.2, 0) is 0 Å². The van der Waals surface area contributed by atoms with Gasteiger partial charge in [0, 0.05) is 18.8 Å². The largest absolute Gasteiger partial charge is 0.372 e. The Labute approximate surface area is 87.5 Å². The summed E-state index contributed by atoms with van der Waals surface area (Å²) in [6, 6.07) is 0. The van der Waals surface area contributed by atoms with E-state index in [-0.39, 0.29) is 0 Å². The van der Waals surface area contributed by atoms with Crippen LogP contribution in [0.1, 0.15) is 44.9 Å². The number of rotatable bonds is 1. The number of nitrogens with zero attached hydrogens (tertiary/aromatic N) is 1. The van der Waals surface area contributed by atoms with Crippen molar-refractivity contribution in [3.05, 3.63) is 23.9 Å². The van der Waals surface area contributed by atoms with Gasteiger partial charge >= 0.3 is 0 Å². The van der Waals surface area contributed by atoms with Crippen molar-refractivity contribution in [2.75, 3.05) is 13.1 Å². The highest BCUT2D eigenvalue weighted by Crippen LogP contribution is 2.18. The molecule has 0 spiro atoms. The van der Waals surface area contributed by atoms with E-state index in [0.717, 1.165) is 0 Å². The third-order valence-corrected chi connectivity index (χ3v) is 3.20. The fourth-order valence-electron chi connectivity index (χ4n) is 2.34. The second-order valence-electron chi connectivity index (χ2n) is 4.36. The normalized spacial score (nSPS) is 24.0. The van der Waals surface area contributed by atoms with Gasteiger partial charge in [-0.25, -0.2) is 0 Å². The first kappa shape index (κ1) is 9.82. The number of hydrogen-bond acceptors (Lipinski definition) is 1. The molecule has 1 nitrogen and oxygen atoms in total. The lowest BCUT2D eigenvalue weighted by Gasteiger charge is -2.28. The van der Waals surface area contributed by atoms with Gasteiger partial charge < -0.3 is 4.90 Å². The van der Waals surface area contributed by atoms with Crippen LogP contribution in [0.15, 0.2) is 23.9 Å². The average molecular weight is 191 g/mol. The van der Waals surface area contributed by atoms with Crippen LogP contribution in [0.3, 0.4) is 0 Å². The lowest BCUT2D eigenvalue weighted by atomic mass is 10.1. The van der Waals surface area contributed by atoms with Crippen LogP contribution in [0.2, 0.25) is 0 Å². The summed E-state index contributed by atoms with van der Waals surface area (Å²) in [6.45, 7) is 2.55. The van der Waals surface area contributed by atoms with Gasteiger partial charge in [-0.05, 0) is 31.8 Å². The highest BCUT2D eigenvalue weighted by atomic mass is 15.1. The molecule has 1 aliphatic carbocycles. The highest BCUT2D eigenvalue weighted by Gasteiger charge is 2.10. The Morgan fingerprint density at radius 1 is 0.857 bits per heavy atom. The minimum Gasteiger partial charge on any atom is -0.372 e. The smallest absolute Gasteiger partial charge is 0.0322 e. The van der Waals surface area contributed by atoms with Crippen LogP contribution in [0, 0.1) is 0 Å². The Morgan fingerprint density at radius 2 is 1.57 bits per heavy atom. The second kappa shape index (κ2) is 5.23. The maximum absolute atomic E-state index is 2.58. The standard InChI is InChI=1S/C13H21N/c1-2-7-11-14(12-8-3-1)13-9-5-4-6-10-13/h5,9-10H,1-4,6-8,11-12H2. The van der Waals surface area contributed by atoms with Gasteiger partial charge in [0.05, 0.1) is 0 Å². The Kier molecular flexibility index (Phi) is 3.67. The third kappa shape index (κ3) is 2.63. The van der Waals surface area contributed by atoms with Crippen LogP contribution >= 0.6 is 0 Å². The van der Waals surface area contributed by atoms with Gasteiger partial charge in [0.1, 0.15) is 0 Å². The molecule has 2 rings (SSSR count). The van der Waals surface area contributed by atoms with Gasteiger partial charge in [-0.3, -0.25) is 0 Å². The van der Waals surface area contributed by atoms with E-state index in [2.05, 4.69) is 23.1 Å². The van der Waals surface area contributed by atoms with Crippen molar-refractivity contribution in [2.45, 2.75) is 44.9 Å². The Hall–Kier alpha value is -0.720. The van der Waals surface area contributed by atoms with Crippen LogP contribution in [-0.4, -0.2) is 18.0 Å². The fourth-order valence-corrected chi connectivity index (χ4v) is 2.34. The van der Waals surface area contributed by atoms with E-state index in [1.54, 1.807) is 0 Å². The lowest BCUT2D eigenvalue weighted by molar-refractivity contribution is 0.312. The summed E-state index contributed by atoms with van der Waals surface area (Å²) in [6.07, 6.45) is 16.6. The van der Waals surface area contributed by atoms with Crippen LogP contribution in [0.4, 0.5) is 0 Å². The quantitative estimate of drug-likeness (QED) is 0.613. The molecule has 0 bridgehead atoms. The minimum absolute atomic E-state index is 1.23. The maximum Gasteiger partial charge on any atom is 0.0322 e. The van der Waals surface area contributed by atoms with Gasteiger partial charge in [0.2, 0.25) is 0 Å². The average Bonchev–Trinajstić information content (AvgIpc) is 2.18. The summed E-state index contributed by atoms with van der Waals surface area (Å²) >= 11 is 0. The van der Waals surface area contributed by atoms with E-state index < -0.39 is 0 Å². The molecule has 0 amide bonds. The zero-order valence-corrected chi connectivity index (χ0v) is 9.04. The Balaban J connectivity index is 1.93. The third-order valence-electron chi connectivity index (χ3n) is 3.20. The van der Waals surface area contributed by atoms with E-state index in [0.29, 0.717) is 0 Å². The van der Waals surface area contributed by atoms with Gasteiger partial charge in [0.25, 0.3) is 0 Å². The van der Waals surface area contributed by atoms with Gasteiger partial charge in [-0.2, -0.15) is 0 Å². The first-order valence-electron chi connectivity index (χ1n) is 6.08. The molecular weight excluding hydrogens is 170 g/mol. The summed E-state index contributed by atoms with van der Waals surface area (Å²) in [4.78, 5) is 2.58. The second-order valence-corrected chi connectivity index (χ2v) is 4.36. The topological polar surface area (TPSA) is 3.24 Å². The SMILES string of the molecule is C1=CC(N2CCCCCCC2)=CCC1. The van der Waals surface area contributed by atoms with E-state index in [1.807, 2.05) is 0 Å². The van der Waals surface area contributed by atoms with Crippen LogP contribution in [0.25, 0.3) is 0 Å². The van der Waals surface area contributed by atoms with E-state index in [9.17, 15) is 0 Å². The molecule has 78 valence electrons. The van der Waals surface area contributed by atoms with E-state index >= 15 is 0 Å². The lowest BCUT2D eigenvalue weighted by Crippen LogP contribution is -2.26. The van der Waals surface area contributed by atoms with Crippen molar-refractivity contribution in [1.82, 2.24) is 4.90 Å². The Morgan fingerprint density at radius 3 is 2.21 bits per heavy atom. The molecule has 1 aliphatic heterocycles. The van der Waals surface area contributed by atoms with Gasteiger partial charge in [-0.15, -0.1) is 0 Å².